The molecule has 31 heavy (non-hydrogen) atoms. The topological polar surface area (TPSA) is 39.2 Å². The number of hydrogen-bond acceptors (Lipinski definition) is 4. The van der Waals surface area contributed by atoms with E-state index in [1.165, 1.54) is 11.1 Å². The van der Waals surface area contributed by atoms with Gasteiger partial charge in [-0.1, -0.05) is 36.9 Å². The number of benzene rings is 2. The molecule has 5 nitrogen and oxygen atoms in total. The molecule has 0 aliphatic carbocycles. The molecule has 2 aliphatic rings. The van der Waals surface area contributed by atoms with Crippen LogP contribution >= 0.6 is 0 Å². The highest BCUT2D eigenvalue weighted by Gasteiger charge is 2.36. The van der Waals surface area contributed by atoms with E-state index in [2.05, 4.69) is 16.6 Å². The largest absolute Gasteiger partial charge is 0.374 e. The van der Waals surface area contributed by atoms with Gasteiger partial charge in [-0.15, -0.1) is 0 Å². The van der Waals surface area contributed by atoms with Crippen LogP contribution in [-0.4, -0.2) is 41.9 Å². The van der Waals surface area contributed by atoms with E-state index in [9.17, 15) is 9.18 Å². The Kier molecular flexibility index (Phi) is 5.76. The average Bonchev–Trinajstić information content (AvgIpc) is 3.04. The highest BCUT2D eigenvalue weighted by atomic mass is 19.1. The summed E-state index contributed by atoms with van der Waals surface area (Å²) in [6.07, 6.45) is 0.130. The normalized spacial score (nSPS) is 18.6. The van der Waals surface area contributed by atoms with Gasteiger partial charge < -0.3 is 9.80 Å². The lowest BCUT2D eigenvalue weighted by Gasteiger charge is -2.42. The number of hydrazone groups is 1. The minimum absolute atomic E-state index is 0.0295. The number of para-hydroxylation sites is 1. The van der Waals surface area contributed by atoms with E-state index in [1.807, 2.05) is 37.3 Å². The van der Waals surface area contributed by atoms with Crippen LogP contribution in [0.25, 0.3) is 0 Å². The zero-order valence-corrected chi connectivity index (χ0v) is 17.8. The number of amides is 1. The fourth-order valence-corrected chi connectivity index (χ4v) is 4.05. The fraction of sp³-hybridized carbons (Fsp3) is 0.333. The van der Waals surface area contributed by atoms with Crippen molar-refractivity contribution in [3.05, 3.63) is 77.8 Å². The third kappa shape index (κ3) is 4.31. The first-order chi connectivity index (χ1) is 14.8. The maximum atomic E-state index is 15.0. The van der Waals surface area contributed by atoms with Crippen LogP contribution in [0.1, 0.15) is 30.5 Å². The molecular formula is C24H26F2N4O. The monoisotopic (exact) mass is 424 g/mol. The molecule has 1 amide bonds. The van der Waals surface area contributed by atoms with Gasteiger partial charge in [0.05, 0.1) is 18.5 Å². The van der Waals surface area contributed by atoms with Gasteiger partial charge in [-0.05, 0) is 30.7 Å². The van der Waals surface area contributed by atoms with E-state index in [1.54, 1.807) is 24.1 Å². The Hall–Kier alpha value is -3.22. The van der Waals surface area contributed by atoms with Crippen LogP contribution in [0, 0.1) is 11.7 Å². The molecule has 4 rings (SSSR count). The van der Waals surface area contributed by atoms with E-state index in [0.29, 0.717) is 24.2 Å². The molecule has 0 radical (unpaired) electrons. The van der Waals surface area contributed by atoms with Crippen molar-refractivity contribution in [2.24, 2.45) is 11.0 Å². The van der Waals surface area contributed by atoms with Crippen molar-refractivity contribution >= 4 is 17.6 Å². The number of halogens is 2. The molecule has 2 aromatic carbocycles. The minimum atomic E-state index is -0.456. The lowest BCUT2D eigenvalue weighted by atomic mass is 9.96. The van der Waals surface area contributed by atoms with Crippen molar-refractivity contribution in [3.8, 4) is 0 Å². The molecule has 0 bridgehead atoms. The van der Waals surface area contributed by atoms with Crippen molar-refractivity contribution in [1.29, 1.82) is 0 Å². The van der Waals surface area contributed by atoms with Crippen LogP contribution in [0.3, 0.4) is 0 Å². The first-order valence-electron chi connectivity index (χ1n) is 10.3. The van der Waals surface area contributed by atoms with Gasteiger partial charge in [-0.3, -0.25) is 9.80 Å². The number of likely N-dealkylation sites (tertiary alicyclic amines) is 1. The first-order valence-corrected chi connectivity index (χ1v) is 10.3. The zero-order valence-electron chi connectivity index (χ0n) is 17.8. The third-order valence-corrected chi connectivity index (χ3v) is 5.97. The Balaban J connectivity index is 1.55. The van der Waals surface area contributed by atoms with Crippen LogP contribution in [-0.2, 0) is 11.3 Å². The lowest BCUT2D eigenvalue weighted by molar-refractivity contribution is -0.126. The van der Waals surface area contributed by atoms with Gasteiger partial charge in [0.1, 0.15) is 5.82 Å². The molecule has 162 valence electrons. The Labute approximate surface area is 181 Å². The molecule has 7 heteroatoms. The molecule has 2 aromatic rings. The number of hydrogen-bond donors (Lipinski definition) is 0. The van der Waals surface area contributed by atoms with Crippen molar-refractivity contribution in [1.82, 2.24) is 9.91 Å². The summed E-state index contributed by atoms with van der Waals surface area (Å²) in [5.74, 6) is -1.05. The van der Waals surface area contributed by atoms with Gasteiger partial charge in [0.2, 0.25) is 11.9 Å². The summed E-state index contributed by atoms with van der Waals surface area (Å²) < 4.78 is 28.5. The predicted octanol–water partition coefficient (Wildman–Crippen LogP) is 4.48. The summed E-state index contributed by atoms with van der Waals surface area (Å²) in [6, 6.07) is 13.9. The number of allylic oxidation sites excluding steroid dienone is 1. The quantitative estimate of drug-likeness (QED) is 0.686. The Bertz CT molecular complexity index is 1020. The molecule has 0 saturated carbocycles. The van der Waals surface area contributed by atoms with Crippen molar-refractivity contribution < 1.29 is 13.6 Å². The van der Waals surface area contributed by atoms with E-state index >= 15 is 4.39 Å². The maximum absolute atomic E-state index is 15.0. The minimum Gasteiger partial charge on any atom is -0.374 e. The van der Waals surface area contributed by atoms with Crippen LogP contribution in [0.5, 0.6) is 0 Å². The SMILES string of the molecule is C=C(C)N1CC(C(=O)N(Cc2ccc(C3CC(F)=NN3C)cc2F)c2ccccc2)C1. The highest BCUT2D eigenvalue weighted by Crippen LogP contribution is 2.31. The van der Waals surface area contributed by atoms with Gasteiger partial charge in [-0.25, -0.2) is 4.39 Å². The van der Waals surface area contributed by atoms with E-state index in [-0.39, 0.29) is 30.8 Å². The molecule has 2 aliphatic heterocycles. The molecular weight excluding hydrogens is 398 g/mol. The number of nitrogens with zero attached hydrogens (tertiary/aromatic N) is 4. The zero-order chi connectivity index (χ0) is 22.1. The van der Waals surface area contributed by atoms with Crippen LogP contribution in [0.15, 0.2) is 65.9 Å². The van der Waals surface area contributed by atoms with Crippen molar-refractivity contribution in [2.45, 2.75) is 25.9 Å². The number of carbonyl (C=O) groups excluding carboxylic acids is 1. The number of carbonyl (C=O) groups is 1. The van der Waals surface area contributed by atoms with E-state index < -0.39 is 11.8 Å². The molecule has 1 fully saturated rings. The van der Waals surface area contributed by atoms with E-state index in [0.717, 1.165) is 11.4 Å². The Morgan fingerprint density at radius 3 is 2.48 bits per heavy atom. The summed E-state index contributed by atoms with van der Waals surface area (Å²) in [4.78, 5) is 16.9. The second kappa shape index (κ2) is 8.49. The van der Waals surface area contributed by atoms with E-state index in [4.69, 9.17) is 0 Å². The van der Waals surface area contributed by atoms with Crippen LogP contribution in [0.4, 0.5) is 14.5 Å². The highest BCUT2D eigenvalue weighted by molar-refractivity contribution is 5.95. The standard InChI is InChI=1S/C24H26F2N4O/c1-16(2)29-13-19(14-29)24(31)30(20-7-5-4-6-8-20)15-18-10-9-17(11-21(18)25)22-12-23(26)27-28(22)3/h4-11,19,22H,1,12-15H2,2-3H3. The smallest absolute Gasteiger partial charge is 0.233 e. The molecule has 1 atom stereocenters. The van der Waals surface area contributed by atoms with Crippen LogP contribution < -0.4 is 4.90 Å². The number of rotatable bonds is 6. The van der Waals surface area contributed by atoms with Gasteiger partial charge >= 0.3 is 0 Å². The molecule has 0 spiro atoms. The maximum Gasteiger partial charge on any atom is 0.233 e. The predicted molar refractivity (Wildman–Crippen MR) is 118 cm³/mol. The molecule has 0 N–H and O–H groups in total. The van der Waals surface area contributed by atoms with Gasteiger partial charge in [0, 0.05) is 43.5 Å². The first kappa shape index (κ1) is 21.0. The second-order valence-electron chi connectivity index (χ2n) is 8.22. The molecule has 1 unspecified atom stereocenters. The molecule has 1 saturated heterocycles. The van der Waals surface area contributed by atoms with Gasteiger partial charge in [0.25, 0.3) is 0 Å². The summed E-state index contributed by atoms with van der Waals surface area (Å²) in [5, 5.41) is 5.27. The van der Waals surface area contributed by atoms with Crippen molar-refractivity contribution in [3.63, 3.8) is 0 Å². The summed E-state index contributed by atoms with van der Waals surface area (Å²) in [6.45, 7) is 7.22. The fourth-order valence-electron chi connectivity index (χ4n) is 4.05. The molecule has 2 heterocycles. The summed E-state index contributed by atoms with van der Waals surface area (Å²) in [7, 11) is 1.67. The summed E-state index contributed by atoms with van der Waals surface area (Å²) >= 11 is 0. The van der Waals surface area contributed by atoms with Crippen molar-refractivity contribution in [2.75, 3.05) is 25.0 Å². The Morgan fingerprint density at radius 2 is 1.90 bits per heavy atom. The lowest BCUT2D eigenvalue weighted by Crippen LogP contribution is -2.53. The van der Waals surface area contributed by atoms with Gasteiger partial charge in [-0.2, -0.15) is 9.49 Å². The molecule has 0 aromatic heterocycles. The van der Waals surface area contributed by atoms with Crippen LogP contribution in [0.2, 0.25) is 0 Å². The summed E-state index contributed by atoms with van der Waals surface area (Å²) in [5.41, 5.74) is 2.75. The second-order valence-corrected chi connectivity index (χ2v) is 8.22. The van der Waals surface area contributed by atoms with Gasteiger partial charge in [0.15, 0.2) is 0 Å². The third-order valence-electron chi connectivity index (χ3n) is 5.97. The average molecular weight is 424 g/mol. The number of anilines is 1. The Morgan fingerprint density at radius 1 is 1.19 bits per heavy atom.